The van der Waals surface area contributed by atoms with Crippen LogP contribution >= 0.6 is 15.9 Å². The van der Waals surface area contributed by atoms with E-state index in [-0.39, 0.29) is 5.56 Å². The second kappa shape index (κ2) is 3.70. The predicted molar refractivity (Wildman–Crippen MR) is 66.6 cm³/mol. The van der Waals surface area contributed by atoms with Gasteiger partial charge in [0.15, 0.2) is 0 Å². The number of halogens is 1. The summed E-state index contributed by atoms with van der Waals surface area (Å²) in [7, 11) is 0. The number of benzene rings is 1. The third kappa shape index (κ3) is 1.48. The molecule has 0 saturated heterocycles. The summed E-state index contributed by atoms with van der Waals surface area (Å²) in [5.74, 6) is 0.936. The molecule has 3 rings (SSSR count). The molecule has 82 valence electrons. The smallest absolute Gasteiger partial charge is 0.261 e. The van der Waals surface area contributed by atoms with Crippen molar-refractivity contribution in [3.05, 3.63) is 38.9 Å². The van der Waals surface area contributed by atoms with Gasteiger partial charge in [0, 0.05) is 17.4 Å². The standard InChI is InChI=1S/C12H11BrN2O/c13-8-4-5-10-9(7-8)12(16)15-6-2-1-3-11(15)14-10/h4-5,7H,1-3,6H2. The second-order valence-electron chi connectivity index (χ2n) is 4.10. The van der Waals surface area contributed by atoms with Crippen molar-refractivity contribution in [1.29, 1.82) is 0 Å². The molecule has 0 saturated carbocycles. The van der Waals surface area contributed by atoms with E-state index in [4.69, 9.17) is 0 Å². The summed E-state index contributed by atoms with van der Waals surface area (Å²) in [6.45, 7) is 0.809. The Bertz CT molecular complexity index is 618. The normalized spacial score (nSPS) is 15.1. The van der Waals surface area contributed by atoms with Crippen LogP contribution in [0.5, 0.6) is 0 Å². The summed E-state index contributed by atoms with van der Waals surface area (Å²) in [6.07, 6.45) is 3.13. The molecular weight excluding hydrogens is 268 g/mol. The molecule has 0 N–H and O–H groups in total. The van der Waals surface area contributed by atoms with Gasteiger partial charge in [-0.05, 0) is 31.0 Å². The molecule has 1 aromatic heterocycles. The predicted octanol–water partition coefficient (Wildman–Crippen LogP) is 2.50. The van der Waals surface area contributed by atoms with E-state index < -0.39 is 0 Å². The molecule has 4 heteroatoms. The molecule has 0 aliphatic carbocycles. The van der Waals surface area contributed by atoms with Crippen LogP contribution in [0.3, 0.4) is 0 Å². The number of aryl methyl sites for hydroxylation is 1. The largest absolute Gasteiger partial charge is 0.296 e. The van der Waals surface area contributed by atoms with E-state index in [0.717, 1.165) is 41.6 Å². The molecule has 2 heterocycles. The molecular formula is C12H11BrN2O. The third-order valence-electron chi connectivity index (χ3n) is 3.03. The van der Waals surface area contributed by atoms with Crippen LogP contribution in [-0.2, 0) is 13.0 Å². The highest BCUT2D eigenvalue weighted by Gasteiger charge is 2.14. The highest BCUT2D eigenvalue weighted by Crippen LogP contribution is 2.18. The monoisotopic (exact) mass is 278 g/mol. The quantitative estimate of drug-likeness (QED) is 0.742. The van der Waals surface area contributed by atoms with Crippen LogP contribution in [0.2, 0.25) is 0 Å². The van der Waals surface area contributed by atoms with Gasteiger partial charge in [0.1, 0.15) is 5.82 Å². The minimum atomic E-state index is 0.0981. The van der Waals surface area contributed by atoms with E-state index in [1.807, 2.05) is 22.8 Å². The SMILES string of the molecule is O=c1c2cc(Br)ccc2nc2n1CCCC2. The van der Waals surface area contributed by atoms with Crippen molar-refractivity contribution in [2.24, 2.45) is 0 Å². The lowest BCUT2D eigenvalue weighted by Gasteiger charge is -2.17. The first kappa shape index (κ1) is 10.0. The summed E-state index contributed by atoms with van der Waals surface area (Å²) in [4.78, 5) is 16.8. The van der Waals surface area contributed by atoms with Gasteiger partial charge in [-0.2, -0.15) is 0 Å². The summed E-state index contributed by atoms with van der Waals surface area (Å²) in [5, 5.41) is 0.708. The van der Waals surface area contributed by atoms with Gasteiger partial charge < -0.3 is 0 Å². The molecule has 0 amide bonds. The van der Waals surface area contributed by atoms with Gasteiger partial charge in [0.2, 0.25) is 0 Å². The lowest BCUT2D eigenvalue weighted by atomic mass is 10.1. The van der Waals surface area contributed by atoms with Gasteiger partial charge >= 0.3 is 0 Å². The van der Waals surface area contributed by atoms with Gasteiger partial charge in [-0.3, -0.25) is 9.36 Å². The number of rotatable bonds is 0. The van der Waals surface area contributed by atoms with Gasteiger partial charge in [0.25, 0.3) is 5.56 Å². The fourth-order valence-corrected chi connectivity index (χ4v) is 2.57. The zero-order valence-electron chi connectivity index (χ0n) is 8.74. The van der Waals surface area contributed by atoms with Crippen LogP contribution in [0, 0.1) is 0 Å². The molecule has 1 aliphatic rings. The molecule has 16 heavy (non-hydrogen) atoms. The Morgan fingerprint density at radius 2 is 2.19 bits per heavy atom. The van der Waals surface area contributed by atoms with E-state index in [9.17, 15) is 4.79 Å². The zero-order chi connectivity index (χ0) is 11.1. The average Bonchev–Trinajstić information content (AvgIpc) is 2.31. The first-order valence-electron chi connectivity index (χ1n) is 5.45. The van der Waals surface area contributed by atoms with Crippen LogP contribution < -0.4 is 5.56 Å². The van der Waals surface area contributed by atoms with E-state index in [2.05, 4.69) is 20.9 Å². The maximum atomic E-state index is 12.2. The van der Waals surface area contributed by atoms with Crippen LogP contribution in [0.4, 0.5) is 0 Å². The Kier molecular flexibility index (Phi) is 2.32. The van der Waals surface area contributed by atoms with E-state index in [1.54, 1.807) is 0 Å². The number of fused-ring (bicyclic) bond motifs is 2. The zero-order valence-corrected chi connectivity index (χ0v) is 10.3. The molecule has 2 aromatic rings. The highest BCUT2D eigenvalue weighted by atomic mass is 79.9. The van der Waals surface area contributed by atoms with Crippen molar-refractivity contribution >= 4 is 26.8 Å². The lowest BCUT2D eigenvalue weighted by Crippen LogP contribution is -2.28. The van der Waals surface area contributed by atoms with E-state index in [1.165, 1.54) is 0 Å². The summed E-state index contributed by atoms with van der Waals surface area (Å²) in [5.41, 5.74) is 0.905. The number of hydrogen-bond acceptors (Lipinski definition) is 2. The molecule has 0 spiro atoms. The molecule has 1 aliphatic heterocycles. The van der Waals surface area contributed by atoms with Gasteiger partial charge in [-0.25, -0.2) is 4.98 Å². The van der Waals surface area contributed by atoms with Crippen LogP contribution in [-0.4, -0.2) is 9.55 Å². The van der Waals surface area contributed by atoms with Crippen molar-refractivity contribution in [3.8, 4) is 0 Å². The maximum absolute atomic E-state index is 12.2. The van der Waals surface area contributed by atoms with Crippen LogP contribution in [0.1, 0.15) is 18.7 Å². The third-order valence-corrected chi connectivity index (χ3v) is 3.52. The molecule has 0 bridgehead atoms. The van der Waals surface area contributed by atoms with Crippen molar-refractivity contribution in [2.75, 3.05) is 0 Å². The van der Waals surface area contributed by atoms with Crippen LogP contribution in [0.15, 0.2) is 27.5 Å². The first-order chi connectivity index (χ1) is 7.75. The molecule has 0 atom stereocenters. The first-order valence-corrected chi connectivity index (χ1v) is 6.24. The van der Waals surface area contributed by atoms with Crippen molar-refractivity contribution in [3.63, 3.8) is 0 Å². The Labute approximate surface area is 101 Å². The second-order valence-corrected chi connectivity index (χ2v) is 5.02. The summed E-state index contributed by atoms with van der Waals surface area (Å²) in [6, 6.07) is 5.68. The van der Waals surface area contributed by atoms with Gasteiger partial charge in [-0.1, -0.05) is 15.9 Å². The molecule has 0 radical (unpaired) electrons. The van der Waals surface area contributed by atoms with Crippen LogP contribution in [0.25, 0.3) is 10.9 Å². The summed E-state index contributed by atoms with van der Waals surface area (Å²) < 4.78 is 2.74. The Morgan fingerprint density at radius 3 is 3.06 bits per heavy atom. The van der Waals surface area contributed by atoms with E-state index in [0.29, 0.717) is 5.39 Å². The number of nitrogens with zero attached hydrogens (tertiary/aromatic N) is 2. The number of hydrogen-bond donors (Lipinski definition) is 0. The Hall–Kier alpha value is -1.16. The highest BCUT2D eigenvalue weighted by molar-refractivity contribution is 9.10. The fourth-order valence-electron chi connectivity index (χ4n) is 2.21. The molecule has 0 fully saturated rings. The van der Waals surface area contributed by atoms with Crippen molar-refractivity contribution < 1.29 is 0 Å². The van der Waals surface area contributed by atoms with Crippen molar-refractivity contribution in [1.82, 2.24) is 9.55 Å². The maximum Gasteiger partial charge on any atom is 0.261 e. The lowest BCUT2D eigenvalue weighted by molar-refractivity contribution is 0.501. The average molecular weight is 279 g/mol. The Morgan fingerprint density at radius 1 is 1.31 bits per heavy atom. The van der Waals surface area contributed by atoms with E-state index >= 15 is 0 Å². The number of aromatic nitrogens is 2. The van der Waals surface area contributed by atoms with Crippen molar-refractivity contribution in [2.45, 2.75) is 25.8 Å². The minimum absolute atomic E-state index is 0.0981. The minimum Gasteiger partial charge on any atom is -0.296 e. The molecule has 3 nitrogen and oxygen atoms in total. The molecule has 0 unspecified atom stereocenters. The van der Waals surface area contributed by atoms with Gasteiger partial charge in [-0.15, -0.1) is 0 Å². The fraction of sp³-hybridized carbons (Fsp3) is 0.333. The topological polar surface area (TPSA) is 34.9 Å². The van der Waals surface area contributed by atoms with Gasteiger partial charge in [0.05, 0.1) is 10.9 Å². The Balaban J connectivity index is 2.40. The molecule has 1 aromatic carbocycles. The summed E-state index contributed by atoms with van der Waals surface area (Å²) >= 11 is 3.39.